The van der Waals surface area contributed by atoms with Crippen LogP contribution in [0.5, 0.6) is 5.75 Å². The molecule has 0 radical (unpaired) electrons. The van der Waals surface area contributed by atoms with Crippen LogP contribution in [0.2, 0.25) is 0 Å². The van der Waals surface area contributed by atoms with Crippen LogP contribution in [0.3, 0.4) is 0 Å². The van der Waals surface area contributed by atoms with Crippen molar-refractivity contribution in [1.29, 1.82) is 0 Å². The van der Waals surface area contributed by atoms with Crippen LogP contribution in [0.1, 0.15) is 43.7 Å². The summed E-state index contributed by atoms with van der Waals surface area (Å²) in [5.74, 6) is 0.828. The van der Waals surface area contributed by atoms with E-state index in [1.165, 1.54) is 10.5 Å². The van der Waals surface area contributed by atoms with Crippen molar-refractivity contribution in [3.63, 3.8) is 0 Å². The topological polar surface area (TPSA) is 45.0 Å². The zero-order chi connectivity index (χ0) is 19.8. The molecular weight excluding hydrogens is 348 g/mol. The Bertz CT molecular complexity index is 739. The maximum atomic E-state index is 13.2. The van der Waals surface area contributed by atoms with E-state index in [2.05, 4.69) is 24.0 Å². The molecule has 1 fully saturated rings. The Hall–Kier alpha value is -2.33. The van der Waals surface area contributed by atoms with Crippen LogP contribution >= 0.6 is 0 Å². The predicted octanol–water partition coefficient (Wildman–Crippen LogP) is 3.02. The summed E-state index contributed by atoms with van der Waals surface area (Å²) < 4.78 is 0. The summed E-state index contributed by atoms with van der Waals surface area (Å²) in [6, 6.07) is 17.9. The smallest absolute Gasteiger partial charge is 0.226 e. The fraction of sp³-hybridized carbons (Fsp3) is 0.458. The fourth-order valence-electron chi connectivity index (χ4n) is 4.06. The van der Waals surface area contributed by atoms with Crippen molar-refractivity contribution in [3.05, 3.63) is 65.7 Å². The lowest BCUT2D eigenvalue weighted by Gasteiger charge is -2.32. The van der Waals surface area contributed by atoms with Gasteiger partial charge in [-0.2, -0.15) is 0 Å². The van der Waals surface area contributed by atoms with E-state index in [1.54, 1.807) is 6.07 Å². The maximum absolute atomic E-state index is 13.2. The highest BCUT2D eigenvalue weighted by atomic mass is 16.3. The number of unbranched alkanes of at least 4 members (excludes halogenated alkanes) is 1. The van der Waals surface area contributed by atoms with Crippen LogP contribution < -0.4 is 4.90 Å². The molecule has 1 aliphatic heterocycles. The SMILES string of the molecule is CCCCN(Cc1ccccc1)C(=O)C1CC[NH+](Cc2ccccc2O)CC1. The summed E-state index contributed by atoms with van der Waals surface area (Å²) in [5, 5.41) is 10.0. The molecule has 150 valence electrons. The predicted molar refractivity (Wildman–Crippen MR) is 112 cm³/mol. The van der Waals surface area contributed by atoms with Crippen LogP contribution in [-0.2, 0) is 17.9 Å². The van der Waals surface area contributed by atoms with Gasteiger partial charge in [0, 0.05) is 37.4 Å². The van der Waals surface area contributed by atoms with Gasteiger partial charge in [-0.3, -0.25) is 4.79 Å². The number of likely N-dealkylation sites (tertiary alicyclic amines) is 1. The highest BCUT2D eigenvalue weighted by molar-refractivity contribution is 5.78. The summed E-state index contributed by atoms with van der Waals surface area (Å²) in [7, 11) is 0. The number of benzene rings is 2. The molecule has 0 bridgehead atoms. The van der Waals surface area contributed by atoms with Gasteiger partial charge in [-0.25, -0.2) is 0 Å². The van der Waals surface area contributed by atoms with Crippen molar-refractivity contribution in [1.82, 2.24) is 4.90 Å². The molecule has 0 unspecified atom stereocenters. The third kappa shape index (κ3) is 5.59. The van der Waals surface area contributed by atoms with Crippen LogP contribution in [0.25, 0.3) is 0 Å². The number of carbonyl (C=O) groups excluding carboxylic acids is 1. The second-order valence-corrected chi connectivity index (χ2v) is 7.93. The maximum Gasteiger partial charge on any atom is 0.226 e. The molecule has 4 nitrogen and oxygen atoms in total. The molecule has 1 amide bonds. The van der Waals surface area contributed by atoms with Gasteiger partial charge in [0.05, 0.1) is 13.1 Å². The molecule has 1 saturated heterocycles. The summed E-state index contributed by atoms with van der Waals surface area (Å²) in [5.41, 5.74) is 2.20. The Labute approximate surface area is 168 Å². The molecule has 1 aliphatic rings. The molecule has 0 atom stereocenters. The number of hydrogen-bond donors (Lipinski definition) is 2. The monoisotopic (exact) mass is 381 g/mol. The Morgan fingerprint density at radius 1 is 1.07 bits per heavy atom. The molecule has 3 rings (SSSR count). The molecule has 2 aromatic rings. The van der Waals surface area contributed by atoms with Crippen LogP contribution in [0.4, 0.5) is 0 Å². The summed E-state index contributed by atoms with van der Waals surface area (Å²) in [6.07, 6.45) is 4.01. The normalized spacial score (nSPS) is 19.3. The van der Waals surface area contributed by atoms with Gasteiger partial charge in [-0.05, 0) is 24.1 Å². The van der Waals surface area contributed by atoms with E-state index in [0.717, 1.165) is 57.4 Å². The first-order valence-electron chi connectivity index (χ1n) is 10.6. The highest BCUT2D eigenvalue weighted by Gasteiger charge is 2.30. The van der Waals surface area contributed by atoms with E-state index in [9.17, 15) is 9.90 Å². The van der Waals surface area contributed by atoms with Crippen molar-refractivity contribution >= 4 is 5.91 Å². The minimum absolute atomic E-state index is 0.133. The summed E-state index contributed by atoms with van der Waals surface area (Å²) in [4.78, 5) is 16.7. The van der Waals surface area contributed by atoms with E-state index in [-0.39, 0.29) is 5.92 Å². The average molecular weight is 382 g/mol. The number of nitrogens with one attached hydrogen (secondary N) is 1. The summed E-state index contributed by atoms with van der Waals surface area (Å²) in [6.45, 7) is 6.53. The number of rotatable bonds is 8. The highest BCUT2D eigenvalue weighted by Crippen LogP contribution is 2.18. The quantitative estimate of drug-likeness (QED) is 0.738. The fourth-order valence-corrected chi connectivity index (χ4v) is 4.06. The molecule has 0 spiro atoms. The van der Waals surface area contributed by atoms with Crippen molar-refractivity contribution in [2.75, 3.05) is 19.6 Å². The van der Waals surface area contributed by atoms with Crippen molar-refractivity contribution in [2.45, 2.75) is 45.7 Å². The second kappa shape index (κ2) is 10.3. The Morgan fingerprint density at radius 3 is 2.43 bits per heavy atom. The van der Waals surface area contributed by atoms with Gasteiger partial charge in [0.2, 0.25) is 5.91 Å². The van der Waals surface area contributed by atoms with Gasteiger partial charge in [0.1, 0.15) is 12.3 Å². The number of carbonyl (C=O) groups is 1. The average Bonchev–Trinajstić information content (AvgIpc) is 2.73. The van der Waals surface area contributed by atoms with Gasteiger partial charge in [-0.15, -0.1) is 0 Å². The standard InChI is InChI=1S/C24H32N2O2/c1-2-3-15-26(18-20-9-5-4-6-10-20)24(28)21-13-16-25(17-14-21)19-22-11-7-8-12-23(22)27/h4-12,21,27H,2-3,13-19H2,1H3/p+1. The third-order valence-electron chi connectivity index (χ3n) is 5.78. The van der Waals surface area contributed by atoms with Crippen molar-refractivity contribution in [3.8, 4) is 5.75 Å². The zero-order valence-electron chi connectivity index (χ0n) is 16.9. The Morgan fingerprint density at radius 2 is 1.75 bits per heavy atom. The molecular formula is C24H33N2O2+. The number of hydrogen-bond acceptors (Lipinski definition) is 2. The van der Waals surface area contributed by atoms with Gasteiger partial charge >= 0.3 is 0 Å². The van der Waals surface area contributed by atoms with Gasteiger partial charge in [0.15, 0.2) is 0 Å². The lowest BCUT2D eigenvalue weighted by molar-refractivity contribution is -0.919. The van der Waals surface area contributed by atoms with Crippen LogP contribution in [0.15, 0.2) is 54.6 Å². The van der Waals surface area contributed by atoms with Gasteiger partial charge in [0.25, 0.3) is 0 Å². The number of nitrogens with zero attached hydrogens (tertiary/aromatic N) is 1. The molecule has 2 N–H and O–H groups in total. The first-order valence-corrected chi connectivity index (χ1v) is 10.6. The third-order valence-corrected chi connectivity index (χ3v) is 5.78. The van der Waals surface area contributed by atoms with Crippen molar-refractivity contribution in [2.24, 2.45) is 5.92 Å². The lowest BCUT2D eigenvalue weighted by atomic mass is 9.94. The van der Waals surface area contributed by atoms with Gasteiger partial charge < -0.3 is 14.9 Å². The number of piperidine rings is 1. The molecule has 28 heavy (non-hydrogen) atoms. The number of amides is 1. The molecule has 1 heterocycles. The van der Waals surface area contributed by atoms with E-state index >= 15 is 0 Å². The number of phenolic OH excluding ortho intramolecular Hbond substituents is 1. The first kappa shape index (κ1) is 20.4. The minimum atomic E-state index is 0.133. The number of para-hydroxylation sites is 1. The number of phenols is 1. The van der Waals surface area contributed by atoms with E-state index in [4.69, 9.17) is 0 Å². The second-order valence-electron chi connectivity index (χ2n) is 7.93. The Kier molecular flexibility index (Phi) is 7.49. The molecule has 4 heteroatoms. The summed E-state index contributed by atoms with van der Waals surface area (Å²) >= 11 is 0. The van der Waals surface area contributed by atoms with E-state index < -0.39 is 0 Å². The number of aromatic hydroxyl groups is 1. The molecule has 0 aromatic heterocycles. The number of quaternary nitrogens is 1. The van der Waals surface area contributed by atoms with Gasteiger partial charge in [-0.1, -0.05) is 55.8 Å². The minimum Gasteiger partial charge on any atom is -0.507 e. The van der Waals surface area contributed by atoms with E-state index in [1.807, 2.05) is 36.4 Å². The van der Waals surface area contributed by atoms with E-state index in [0.29, 0.717) is 18.2 Å². The van der Waals surface area contributed by atoms with Crippen LogP contribution in [0, 0.1) is 5.92 Å². The molecule has 2 aromatic carbocycles. The molecule has 0 aliphatic carbocycles. The van der Waals surface area contributed by atoms with Crippen molar-refractivity contribution < 1.29 is 14.8 Å². The zero-order valence-corrected chi connectivity index (χ0v) is 16.9. The molecule has 0 saturated carbocycles. The first-order chi connectivity index (χ1) is 13.7. The lowest BCUT2D eigenvalue weighted by Crippen LogP contribution is -3.11. The largest absolute Gasteiger partial charge is 0.507 e. The van der Waals surface area contributed by atoms with Crippen LogP contribution in [-0.4, -0.2) is 35.5 Å². The Balaban J connectivity index is 1.56.